The molecule has 2 saturated heterocycles. The first-order valence-electron chi connectivity index (χ1n) is 8.46. The van der Waals surface area contributed by atoms with Crippen molar-refractivity contribution in [1.29, 1.82) is 0 Å². The van der Waals surface area contributed by atoms with E-state index in [1.54, 1.807) is 4.31 Å². The lowest BCUT2D eigenvalue weighted by molar-refractivity contribution is 0.0243. The smallest absolute Gasteiger partial charge is 0.215 e. The standard InChI is InChI=1S/C18H27NO3S/c1-14(2)17-5-4-16(10-15(17)3)11-19-12-18(13-23(19,20)21)6-8-22-9-7-18/h4-5,10,14H,6-9,11-13H2,1-3H3. The summed E-state index contributed by atoms with van der Waals surface area (Å²) in [4.78, 5) is 0. The normalized spacial score (nSPS) is 23.7. The molecule has 2 aliphatic heterocycles. The van der Waals surface area contributed by atoms with Crippen LogP contribution in [0.5, 0.6) is 0 Å². The maximum Gasteiger partial charge on any atom is 0.215 e. The Bertz CT molecular complexity index is 676. The summed E-state index contributed by atoms with van der Waals surface area (Å²) in [5.74, 6) is 0.775. The second kappa shape index (κ2) is 6.19. The lowest BCUT2D eigenvalue weighted by Gasteiger charge is -2.31. The molecule has 2 heterocycles. The van der Waals surface area contributed by atoms with E-state index in [4.69, 9.17) is 4.74 Å². The SMILES string of the molecule is Cc1cc(CN2CC3(CCOCC3)CS2(=O)=O)ccc1C(C)C. The molecule has 128 valence electrons. The number of hydrogen-bond donors (Lipinski definition) is 0. The summed E-state index contributed by atoms with van der Waals surface area (Å²) in [6.45, 7) is 8.98. The molecule has 0 aromatic heterocycles. The minimum Gasteiger partial charge on any atom is -0.381 e. The predicted molar refractivity (Wildman–Crippen MR) is 92.0 cm³/mol. The highest BCUT2D eigenvalue weighted by Gasteiger charge is 2.47. The Kier molecular flexibility index (Phi) is 4.55. The van der Waals surface area contributed by atoms with Gasteiger partial charge in [-0.05, 0) is 42.4 Å². The Hall–Kier alpha value is -0.910. The maximum atomic E-state index is 12.6. The molecular weight excluding hydrogens is 310 g/mol. The highest BCUT2D eigenvalue weighted by Crippen LogP contribution is 2.40. The molecule has 1 spiro atoms. The number of aryl methyl sites for hydroxylation is 1. The van der Waals surface area contributed by atoms with Crippen LogP contribution in [0.3, 0.4) is 0 Å². The van der Waals surface area contributed by atoms with Crippen molar-refractivity contribution >= 4 is 10.0 Å². The second-order valence-corrected chi connectivity index (χ2v) is 9.45. The quantitative estimate of drug-likeness (QED) is 0.851. The molecular formula is C18H27NO3S. The van der Waals surface area contributed by atoms with Crippen molar-refractivity contribution in [2.75, 3.05) is 25.5 Å². The first-order valence-corrected chi connectivity index (χ1v) is 10.1. The summed E-state index contributed by atoms with van der Waals surface area (Å²) in [6, 6.07) is 6.36. The molecule has 0 amide bonds. The monoisotopic (exact) mass is 337 g/mol. The summed E-state index contributed by atoms with van der Waals surface area (Å²) in [7, 11) is -3.15. The van der Waals surface area contributed by atoms with E-state index in [0.29, 0.717) is 32.2 Å². The zero-order valence-corrected chi connectivity index (χ0v) is 15.2. The molecule has 23 heavy (non-hydrogen) atoms. The number of ether oxygens (including phenoxy) is 1. The van der Waals surface area contributed by atoms with Gasteiger partial charge in [0.25, 0.3) is 0 Å². The van der Waals surface area contributed by atoms with Gasteiger partial charge < -0.3 is 4.74 Å². The van der Waals surface area contributed by atoms with Crippen LogP contribution in [0.15, 0.2) is 18.2 Å². The van der Waals surface area contributed by atoms with Crippen LogP contribution in [0.4, 0.5) is 0 Å². The van der Waals surface area contributed by atoms with E-state index in [2.05, 4.69) is 39.0 Å². The van der Waals surface area contributed by atoms with Gasteiger partial charge in [0.1, 0.15) is 0 Å². The van der Waals surface area contributed by atoms with E-state index in [1.807, 2.05) is 0 Å². The fourth-order valence-corrected chi connectivity index (χ4v) is 6.10. The second-order valence-electron chi connectivity index (χ2n) is 7.48. The van der Waals surface area contributed by atoms with Crippen molar-refractivity contribution in [2.24, 2.45) is 5.41 Å². The van der Waals surface area contributed by atoms with Gasteiger partial charge in [-0.3, -0.25) is 0 Å². The number of nitrogens with zero attached hydrogens (tertiary/aromatic N) is 1. The summed E-state index contributed by atoms with van der Waals surface area (Å²) in [5, 5.41) is 0. The Morgan fingerprint density at radius 2 is 1.96 bits per heavy atom. The lowest BCUT2D eigenvalue weighted by Crippen LogP contribution is -2.34. The van der Waals surface area contributed by atoms with Crippen molar-refractivity contribution in [3.8, 4) is 0 Å². The average molecular weight is 337 g/mol. The summed E-state index contributed by atoms with van der Waals surface area (Å²) < 4.78 is 32.3. The third-order valence-electron chi connectivity index (χ3n) is 5.26. The minimum atomic E-state index is -3.15. The number of sulfonamides is 1. The number of benzene rings is 1. The third-order valence-corrected chi connectivity index (χ3v) is 7.28. The zero-order chi connectivity index (χ0) is 16.7. The van der Waals surface area contributed by atoms with Crippen LogP contribution in [0.1, 0.15) is 49.3 Å². The highest BCUT2D eigenvalue weighted by atomic mass is 32.2. The molecule has 1 aromatic carbocycles. The Labute approximate surface area is 139 Å². The Morgan fingerprint density at radius 3 is 2.57 bits per heavy atom. The molecule has 0 bridgehead atoms. The fourth-order valence-electron chi connectivity index (χ4n) is 3.95. The van der Waals surface area contributed by atoms with E-state index < -0.39 is 10.0 Å². The third kappa shape index (κ3) is 3.47. The molecule has 0 radical (unpaired) electrons. The lowest BCUT2D eigenvalue weighted by atomic mass is 9.82. The predicted octanol–water partition coefficient (Wildman–Crippen LogP) is 3.06. The average Bonchev–Trinajstić information content (AvgIpc) is 2.69. The molecule has 1 aromatic rings. The molecule has 0 saturated carbocycles. The van der Waals surface area contributed by atoms with E-state index in [9.17, 15) is 8.42 Å². The molecule has 3 rings (SSSR count). The van der Waals surface area contributed by atoms with Gasteiger partial charge in [-0.15, -0.1) is 0 Å². The van der Waals surface area contributed by atoms with Gasteiger partial charge in [0.05, 0.1) is 5.75 Å². The summed E-state index contributed by atoms with van der Waals surface area (Å²) in [5.41, 5.74) is 3.57. The van der Waals surface area contributed by atoms with Crippen LogP contribution in [0, 0.1) is 12.3 Å². The van der Waals surface area contributed by atoms with Crippen molar-refractivity contribution in [3.05, 3.63) is 34.9 Å². The molecule has 0 unspecified atom stereocenters. The first-order chi connectivity index (χ1) is 10.8. The van der Waals surface area contributed by atoms with Crippen molar-refractivity contribution in [3.63, 3.8) is 0 Å². The van der Waals surface area contributed by atoms with Crippen LogP contribution < -0.4 is 0 Å². The first kappa shape index (κ1) is 16.9. The van der Waals surface area contributed by atoms with Crippen LogP contribution >= 0.6 is 0 Å². The van der Waals surface area contributed by atoms with E-state index in [-0.39, 0.29) is 11.2 Å². The van der Waals surface area contributed by atoms with Crippen LogP contribution in [0.25, 0.3) is 0 Å². The van der Waals surface area contributed by atoms with Crippen molar-refractivity contribution in [2.45, 2.75) is 46.1 Å². The Morgan fingerprint density at radius 1 is 1.26 bits per heavy atom. The van der Waals surface area contributed by atoms with Crippen LogP contribution in [0.2, 0.25) is 0 Å². The number of rotatable bonds is 3. The van der Waals surface area contributed by atoms with Gasteiger partial charge in [0, 0.05) is 31.7 Å². The van der Waals surface area contributed by atoms with Gasteiger partial charge in [0.2, 0.25) is 10.0 Å². The Balaban J connectivity index is 1.78. The number of hydrogen-bond acceptors (Lipinski definition) is 3. The fraction of sp³-hybridized carbons (Fsp3) is 0.667. The maximum absolute atomic E-state index is 12.6. The van der Waals surface area contributed by atoms with Gasteiger partial charge in [-0.2, -0.15) is 4.31 Å². The largest absolute Gasteiger partial charge is 0.381 e. The molecule has 2 fully saturated rings. The van der Waals surface area contributed by atoms with Crippen molar-refractivity contribution in [1.82, 2.24) is 4.31 Å². The summed E-state index contributed by atoms with van der Waals surface area (Å²) in [6.07, 6.45) is 1.71. The highest BCUT2D eigenvalue weighted by molar-refractivity contribution is 7.89. The molecule has 0 aliphatic carbocycles. The molecule has 4 nitrogen and oxygen atoms in total. The van der Waals surface area contributed by atoms with E-state index in [1.165, 1.54) is 11.1 Å². The minimum absolute atomic E-state index is 0.0933. The molecule has 0 atom stereocenters. The molecule has 0 N–H and O–H groups in total. The van der Waals surface area contributed by atoms with Crippen LogP contribution in [-0.4, -0.2) is 38.2 Å². The van der Waals surface area contributed by atoms with Gasteiger partial charge in [-0.25, -0.2) is 8.42 Å². The van der Waals surface area contributed by atoms with Crippen LogP contribution in [-0.2, 0) is 21.3 Å². The van der Waals surface area contributed by atoms with Gasteiger partial charge >= 0.3 is 0 Å². The van der Waals surface area contributed by atoms with E-state index in [0.717, 1.165) is 18.4 Å². The van der Waals surface area contributed by atoms with Crippen molar-refractivity contribution < 1.29 is 13.2 Å². The summed E-state index contributed by atoms with van der Waals surface area (Å²) >= 11 is 0. The molecule has 2 aliphatic rings. The van der Waals surface area contributed by atoms with E-state index >= 15 is 0 Å². The topological polar surface area (TPSA) is 46.6 Å². The van der Waals surface area contributed by atoms with Gasteiger partial charge in [-0.1, -0.05) is 32.0 Å². The molecule has 5 heteroatoms. The van der Waals surface area contributed by atoms with Gasteiger partial charge in [0.15, 0.2) is 0 Å². The zero-order valence-electron chi connectivity index (χ0n) is 14.3.